The Kier molecular flexibility index (Phi) is 3.88. The Bertz CT molecular complexity index is 1070. The van der Waals surface area contributed by atoms with Crippen molar-refractivity contribution < 1.29 is 4.42 Å². The van der Waals surface area contributed by atoms with Crippen LogP contribution in [0.3, 0.4) is 0 Å². The lowest BCUT2D eigenvalue weighted by Gasteiger charge is -2.21. The highest BCUT2D eigenvalue weighted by Gasteiger charge is 2.18. The van der Waals surface area contributed by atoms with Crippen molar-refractivity contribution in [1.29, 1.82) is 0 Å². The molecule has 138 valence electrons. The van der Waals surface area contributed by atoms with Crippen LogP contribution < -0.4 is 5.32 Å². The maximum absolute atomic E-state index is 5.89. The Morgan fingerprint density at radius 2 is 2.04 bits per heavy atom. The van der Waals surface area contributed by atoms with Gasteiger partial charge in [0.1, 0.15) is 5.65 Å². The summed E-state index contributed by atoms with van der Waals surface area (Å²) in [4.78, 5) is 7.70. The Morgan fingerprint density at radius 1 is 1.15 bits per heavy atom. The summed E-state index contributed by atoms with van der Waals surface area (Å²) in [6, 6.07) is 2.99. The third kappa shape index (κ3) is 3.07. The van der Waals surface area contributed by atoms with E-state index in [1.54, 1.807) is 4.68 Å². The van der Waals surface area contributed by atoms with Crippen molar-refractivity contribution >= 4 is 17.0 Å². The van der Waals surface area contributed by atoms with Gasteiger partial charge < -0.3 is 14.7 Å². The van der Waals surface area contributed by atoms with Gasteiger partial charge in [-0.1, -0.05) is 24.4 Å². The molecule has 0 atom stereocenters. The van der Waals surface area contributed by atoms with Crippen molar-refractivity contribution in [2.24, 2.45) is 7.05 Å². The van der Waals surface area contributed by atoms with E-state index in [2.05, 4.69) is 36.6 Å². The van der Waals surface area contributed by atoms with Crippen molar-refractivity contribution in [2.45, 2.75) is 38.1 Å². The van der Waals surface area contributed by atoms with E-state index in [4.69, 9.17) is 4.42 Å². The van der Waals surface area contributed by atoms with Crippen molar-refractivity contribution in [1.82, 2.24) is 29.9 Å². The summed E-state index contributed by atoms with van der Waals surface area (Å²) in [6.45, 7) is 0. The van der Waals surface area contributed by atoms with Crippen LogP contribution in [0.4, 0.5) is 6.01 Å². The first-order valence-electron chi connectivity index (χ1n) is 9.33. The third-order valence-corrected chi connectivity index (χ3v) is 5.16. The summed E-state index contributed by atoms with van der Waals surface area (Å²) in [6.07, 6.45) is 13.6. The minimum Gasteiger partial charge on any atom is -0.403 e. The largest absolute Gasteiger partial charge is 0.403 e. The molecule has 1 saturated carbocycles. The Labute approximate surface area is 156 Å². The minimum atomic E-state index is 0.425. The van der Waals surface area contributed by atoms with Gasteiger partial charge in [-0.25, -0.2) is 4.98 Å². The number of fused-ring (bicyclic) bond motifs is 1. The lowest BCUT2D eigenvalue weighted by Crippen LogP contribution is -2.22. The van der Waals surface area contributed by atoms with Gasteiger partial charge in [0.15, 0.2) is 0 Å². The molecule has 0 bridgehead atoms. The molecule has 1 aliphatic carbocycles. The number of hydrogen-bond acceptors (Lipinski definition) is 6. The van der Waals surface area contributed by atoms with Crippen molar-refractivity contribution in [2.75, 3.05) is 5.32 Å². The Morgan fingerprint density at radius 3 is 2.85 bits per heavy atom. The van der Waals surface area contributed by atoms with Crippen molar-refractivity contribution in [3.05, 3.63) is 30.9 Å². The molecule has 0 aromatic carbocycles. The van der Waals surface area contributed by atoms with Crippen LogP contribution in [0.25, 0.3) is 33.6 Å². The van der Waals surface area contributed by atoms with Gasteiger partial charge >= 0.3 is 6.01 Å². The van der Waals surface area contributed by atoms with E-state index >= 15 is 0 Å². The molecule has 0 saturated heterocycles. The minimum absolute atomic E-state index is 0.425. The summed E-state index contributed by atoms with van der Waals surface area (Å²) in [5.41, 5.74) is 3.66. The van der Waals surface area contributed by atoms with Crippen LogP contribution >= 0.6 is 0 Å². The molecule has 0 amide bonds. The van der Waals surface area contributed by atoms with Gasteiger partial charge in [-0.05, 0) is 18.9 Å². The highest BCUT2D eigenvalue weighted by Crippen LogP contribution is 2.31. The predicted molar refractivity (Wildman–Crippen MR) is 102 cm³/mol. The van der Waals surface area contributed by atoms with Gasteiger partial charge in [0.2, 0.25) is 0 Å². The van der Waals surface area contributed by atoms with Crippen LogP contribution in [0.1, 0.15) is 32.1 Å². The number of rotatable bonds is 4. The fraction of sp³-hybridized carbons (Fsp3) is 0.368. The van der Waals surface area contributed by atoms with Crippen LogP contribution in [-0.4, -0.2) is 36.0 Å². The molecule has 1 fully saturated rings. The molecule has 5 rings (SSSR count). The normalized spacial score (nSPS) is 15.4. The average Bonchev–Trinajstić information content (AvgIpc) is 3.41. The number of H-pyrrole nitrogens is 1. The molecule has 0 aliphatic heterocycles. The van der Waals surface area contributed by atoms with Gasteiger partial charge in [-0.3, -0.25) is 4.68 Å². The molecular formula is C19H21N7O. The van der Waals surface area contributed by atoms with Gasteiger partial charge in [0.25, 0.3) is 5.89 Å². The third-order valence-electron chi connectivity index (χ3n) is 5.16. The SMILES string of the molecule is Cn1cc(-c2cnc3[nH]cc(-c4nnc(NC5CCCCC5)o4)c3c2)cn1. The Hall–Kier alpha value is -3.16. The topological polar surface area (TPSA) is 97.5 Å². The van der Waals surface area contributed by atoms with E-state index in [0.717, 1.165) is 40.6 Å². The van der Waals surface area contributed by atoms with E-state index in [9.17, 15) is 0 Å². The van der Waals surface area contributed by atoms with Crippen molar-refractivity contribution in [3.63, 3.8) is 0 Å². The van der Waals surface area contributed by atoms with E-state index in [-0.39, 0.29) is 0 Å². The van der Waals surface area contributed by atoms with Gasteiger partial charge in [0, 0.05) is 48.2 Å². The monoisotopic (exact) mass is 363 g/mol. The summed E-state index contributed by atoms with van der Waals surface area (Å²) in [5, 5.41) is 17.0. The molecule has 4 aromatic heterocycles. The molecule has 27 heavy (non-hydrogen) atoms. The van der Waals surface area contributed by atoms with Crippen LogP contribution in [-0.2, 0) is 7.05 Å². The number of hydrogen-bond donors (Lipinski definition) is 2. The fourth-order valence-corrected chi connectivity index (χ4v) is 3.72. The molecule has 0 spiro atoms. The van der Waals surface area contributed by atoms with Crippen LogP contribution in [0.5, 0.6) is 0 Å². The van der Waals surface area contributed by atoms with E-state index in [1.165, 1.54) is 19.3 Å². The maximum atomic E-state index is 5.89. The highest BCUT2D eigenvalue weighted by molar-refractivity contribution is 5.93. The molecule has 4 heterocycles. The number of nitrogens with zero attached hydrogens (tertiary/aromatic N) is 5. The van der Waals surface area contributed by atoms with E-state index in [0.29, 0.717) is 17.9 Å². The molecular weight excluding hydrogens is 342 g/mol. The molecule has 1 aliphatic rings. The lowest BCUT2D eigenvalue weighted by molar-refractivity contribution is 0.449. The van der Waals surface area contributed by atoms with Crippen molar-refractivity contribution in [3.8, 4) is 22.6 Å². The summed E-state index contributed by atoms with van der Waals surface area (Å²) in [7, 11) is 1.90. The average molecular weight is 363 g/mol. The zero-order chi connectivity index (χ0) is 18.2. The first-order chi connectivity index (χ1) is 13.3. The summed E-state index contributed by atoms with van der Waals surface area (Å²) < 4.78 is 7.67. The first-order valence-corrected chi connectivity index (χ1v) is 9.33. The Balaban J connectivity index is 1.46. The molecule has 2 N–H and O–H groups in total. The van der Waals surface area contributed by atoms with Crippen LogP contribution in [0.15, 0.2) is 35.3 Å². The number of anilines is 1. The zero-order valence-electron chi connectivity index (χ0n) is 15.1. The number of aryl methyl sites for hydroxylation is 1. The number of nitrogens with one attached hydrogen (secondary N) is 2. The number of aromatic nitrogens is 6. The maximum Gasteiger partial charge on any atom is 0.315 e. The fourth-order valence-electron chi connectivity index (χ4n) is 3.72. The zero-order valence-corrected chi connectivity index (χ0v) is 15.1. The van der Waals surface area contributed by atoms with Gasteiger partial charge in [-0.2, -0.15) is 5.10 Å². The van der Waals surface area contributed by atoms with Gasteiger partial charge in [-0.15, -0.1) is 5.10 Å². The second-order valence-corrected chi connectivity index (χ2v) is 7.12. The summed E-state index contributed by atoms with van der Waals surface area (Å²) in [5.74, 6) is 0.490. The first kappa shape index (κ1) is 16.0. The van der Waals surface area contributed by atoms with Crippen LogP contribution in [0.2, 0.25) is 0 Å². The number of aromatic amines is 1. The number of pyridine rings is 1. The second-order valence-electron chi connectivity index (χ2n) is 7.12. The quantitative estimate of drug-likeness (QED) is 0.573. The molecule has 8 heteroatoms. The lowest BCUT2D eigenvalue weighted by atomic mass is 9.96. The molecule has 4 aromatic rings. The van der Waals surface area contributed by atoms with E-state index < -0.39 is 0 Å². The predicted octanol–water partition coefficient (Wildman–Crippen LogP) is 3.76. The standard InChI is InChI=1S/C19H21N7O/c1-26-11-13(9-22-26)12-7-15-16(10-21-17(15)20-8-12)18-24-25-19(27-18)23-14-5-3-2-4-6-14/h7-11,14H,2-6H2,1H3,(H,20,21)(H,23,25). The molecule has 0 radical (unpaired) electrons. The van der Waals surface area contributed by atoms with E-state index in [1.807, 2.05) is 31.8 Å². The van der Waals surface area contributed by atoms with Gasteiger partial charge in [0.05, 0.1) is 11.8 Å². The highest BCUT2D eigenvalue weighted by atomic mass is 16.4. The second kappa shape index (κ2) is 6.53. The summed E-state index contributed by atoms with van der Waals surface area (Å²) >= 11 is 0. The smallest absolute Gasteiger partial charge is 0.315 e. The molecule has 8 nitrogen and oxygen atoms in total. The molecule has 0 unspecified atom stereocenters. The van der Waals surface area contributed by atoms with Crippen LogP contribution in [0, 0.1) is 0 Å².